The number of nitrogens with zero attached hydrogens (tertiary/aromatic N) is 3. The van der Waals surface area contributed by atoms with E-state index in [1.54, 1.807) is 22.1 Å². The predicted molar refractivity (Wildman–Crippen MR) is 113 cm³/mol. The summed E-state index contributed by atoms with van der Waals surface area (Å²) in [5.41, 5.74) is 0.207. The van der Waals surface area contributed by atoms with Gasteiger partial charge in [-0.25, -0.2) is 23.4 Å². The predicted octanol–water partition coefficient (Wildman–Crippen LogP) is 2.59. The van der Waals surface area contributed by atoms with Gasteiger partial charge in [-0.3, -0.25) is 10.1 Å². The van der Waals surface area contributed by atoms with Gasteiger partial charge in [-0.2, -0.15) is 0 Å². The lowest BCUT2D eigenvalue weighted by atomic mass is 10.2. The van der Waals surface area contributed by atoms with Crippen LogP contribution in [0.2, 0.25) is 0 Å². The number of carbonyl (C=O) groups excluding carboxylic acids is 3. The second kappa shape index (κ2) is 10.8. The molecular weight excluding hydrogens is 444 g/mol. The second-order valence-electron chi connectivity index (χ2n) is 6.90. The van der Waals surface area contributed by atoms with Gasteiger partial charge in [0.15, 0.2) is 5.13 Å². The van der Waals surface area contributed by atoms with Crippen LogP contribution < -0.4 is 10.6 Å². The van der Waals surface area contributed by atoms with Crippen molar-refractivity contribution in [2.45, 2.75) is 19.9 Å². The number of amides is 4. The van der Waals surface area contributed by atoms with Gasteiger partial charge in [-0.15, -0.1) is 11.3 Å². The fourth-order valence-electron chi connectivity index (χ4n) is 3.04. The van der Waals surface area contributed by atoms with Gasteiger partial charge in [-0.1, -0.05) is 6.07 Å². The molecule has 4 amide bonds. The molecule has 1 aromatic carbocycles. The number of ether oxygens (including phenoxy) is 1. The first-order valence-corrected chi connectivity index (χ1v) is 10.9. The summed E-state index contributed by atoms with van der Waals surface area (Å²) in [5, 5.41) is 7.08. The summed E-state index contributed by atoms with van der Waals surface area (Å²) in [4.78, 5) is 43.5. The minimum atomic E-state index is -0.730. The van der Waals surface area contributed by atoms with E-state index in [0.717, 1.165) is 23.5 Å². The van der Waals surface area contributed by atoms with E-state index in [4.69, 9.17) is 4.74 Å². The molecule has 0 radical (unpaired) electrons. The maximum Gasteiger partial charge on any atom is 0.409 e. The number of urea groups is 1. The molecule has 1 aliphatic rings. The van der Waals surface area contributed by atoms with Crippen molar-refractivity contribution in [2.24, 2.45) is 0 Å². The van der Waals surface area contributed by atoms with Crippen LogP contribution in [-0.4, -0.2) is 65.6 Å². The lowest BCUT2D eigenvalue weighted by molar-refractivity contribution is -0.120. The van der Waals surface area contributed by atoms with Crippen molar-refractivity contribution in [3.63, 3.8) is 0 Å². The van der Waals surface area contributed by atoms with Crippen LogP contribution in [0.15, 0.2) is 23.6 Å². The summed E-state index contributed by atoms with van der Waals surface area (Å²) in [6.45, 7) is 3.22. The summed E-state index contributed by atoms with van der Waals surface area (Å²) in [6, 6.07) is 3.14. The van der Waals surface area contributed by atoms with Gasteiger partial charge in [0, 0.05) is 43.7 Å². The highest BCUT2D eigenvalue weighted by Gasteiger charge is 2.25. The fraction of sp³-hybridized carbons (Fsp3) is 0.400. The molecule has 2 N–H and O–H groups in total. The van der Waals surface area contributed by atoms with Crippen molar-refractivity contribution in [3.05, 3.63) is 46.5 Å². The van der Waals surface area contributed by atoms with Crippen LogP contribution in [-0.2, 0) is 22.5 Å². The van der Waals surface area contributed by atoms with Crippen molar-refractivity contribution < 1.29 is 27.9 Å². The first-order valence-electron chi connectivity index (χ1n) is 9.99. The molecule has 9 nitrogen and oxygen atoms in total. The smallest absolute Gasteiger partial charge is 0.409 e. The molecule has 0 unspecified atom stereocenters. The number of anilines is 1. The summed E-state index contributed by atoms with van der Waals surface area (Å²) in [5.74, 6) is -1.91. The molecule has 172 valence electrons. The molecule has 0 bridgehead atoms. The van der Waals surface area contributed by atoms with Crippen molar-refractivity contribution in [3.8, 4) is 0 Å². The molecule has 0 saturated carbocycles. The molecule has 2 aromatic rings. The molecule has 1 aromatic heterocycles. The highest BCUT2D eigenvalue weighted by molar-refractivity contribution is 7.13. The minimum Gasteiger partial charge on any atom is -0.450 e. The van der Waals surface area contributed by atoms with Gasteiger partial charge in [0.1, 0.15) is 11.6 Å². The highest BCUT2D eigenvalue weighted by atomic mass is 32.1. The number of benzene rings is 1. The van der Waals surface area contributed by atoms with Crippen molar-refractivity contribution in [1.82, 2.24) is 20.1 Å². The van der Waals surface area contributed by atoms with Crippen molar-refractivity contribution in [1.29, 1.82) is 0 Å². The number of piperazine rings is 1. The Balaban J connectivity index is 1.45. The topological polar surface area (TPSA) is 104 Å². The standard InChI is InChI=1S/C20H23F2N5O4S/c1-2-31-20(30)27-8-6-26(7-9-27)19(29)25-18-24-13(12-32-18)10-17(28)23-11-14-15(21)4-3-5-16(14)22/h3-5,12H,2,6-11H2,1H3,(H,23,28)(H,24,25,29). The number of nitrogens with one attached hydrogen (secondary N) is 2. The summed E-state index contributed by atoms with van der Waals surface area (Å²) in [7, 11) is 0. The van der Waals surface area contributed by atoms with Gasteiger partial charge in [0.05, 0.1) is 18.7 Å². The first kappa shape index (κ1) is 23.4. The lowest BCUT2D eigenvalue weighted by Crippen LogP contribution is -2.51. The average molecular weight is 467 g/mol. The number of rotatable bonds is 6. The maximum atomic E-state index is 13.6. The molecule has 12 heteroatoms. The van der Waals surface area contributed by atoms with Crippen LogP contribution in [0.5, 0.6) is 0 Å². The van der Waals surface area contributed by atoms with E-state index in [-0.39, 0.29) is 24.6 Å². The second-order valence-corrected chi connectivity index (χ2v) is 7.76. The molecule has 2 heterocycles. The summed E-state index contributed by atoms with van der Waals surface area (Å²) < 4.78 is 32.2. The third kappa shape index (κ3) is 6.13. The minimum absolute atomic E-state index is 0.0966. The van der Waals surface area contributed by atoms with E-state index in [0.29, 0.717) is 43.6 Å². The van der Waals surface area contributed by atoms with Gasteiger partial charge in [0.2, 0.25) is 5.91 Å². The fourth-order valence-corrected chi connectivity index (χ4v) is 3.74. The Bertz CT molecular complexity index is 958. The number of thiazole rings is 1. The van der Waals surface area contributed by atoms with Crippen LogP contribution in [0.3, 0.4) is 0 Å². The van der Waals surface area contributed by atoms with Crippen LogP contribution in [0.4, 0.5) is 23.5 Å². The quantitative estimate of drug-likeness (QED) is 0.680. The third-order valence-electron chi connectivity index (χ3n) is 4.72. The number of hydrogen-bond acceptors (Lipinski definition) is 6. The van der Waals surface area contributed by atoms with E-state index in [2.05, 4.69) is 15.6 Å². The molecule has 0 spiro atoms. The van der Waals surface area contributed by atoms with Crippen molar-refractivity contribution >= 4 is 34.5 Å². The Morgan fingerprint density at radius 2 is 1.78 bits per heavy atom. The molecular formula is C20H23F2N5O4S. The summed E-state index contributed by atoms with van der Waals surface area (Å²) in [6.07, 6.45) is -0.492. The largest absolute Gasteiger partial charge is 0.450 e. The Morgan fingerprint density at radius 1 is 1.12 bits per heavy atom. The average Bonchev–Trinajstić information content (AvgIpc) is 3.20. The molecule has 3 rings (SSSR count). The van der Waals surface area contributed by atoms with Crippen LogP contribution in [0.25, 0.3) is 0 Å². The van der Waals surface area contributed by atoms with E-state index in [1.165, 1.54) is 6.07 Å². The van der Waals surface area contributed by atoms with E-state index >= 15 is 0 Å². The number of carbonyl (C=O) groups is 3. The number of aromatic nitrogens is 1. The Kier molecular flexibility index (Phi) is 7.92. The molecule has 1 fully saturated rings. The molecule has 1 saturated heterocycles. The van der Waals surface area contributed by atoms with Crippen LogP contribution in [0.1, 0.15) is 18.2 Å². The number of halogens is 2. The zero-order valence-corrected chi connectivity index (χ0v) is 18.2. The van der Waals surface area contributed by atoms with Gasteiger partial charge in [-0.05, 0) is 19.1 Å². The SMILES string of the molecule is CCOC(=O)N1CCN(C(=O)Nc2nc(CC(=O)NCc3c(F)cccc3F)cs2)CC1. The van der Waals surface area contributed by atoms with Crippen LogP contribution in [0, 0.1) is 11.6 Å². The first-order chi connectivity index (χ1) is 15.4. The maximum absolute atomic E-state index is 13.6. The van der Waals surface area contributed by atoms with Gasteiger partial charge >= 0.3 is 12.1 Å². The van der Waals surface area contributed by atoms with Gasteiger partial charge < -0.3 is 19.9 Å². The third-order valence-corrected chi connectivity index (χ3v) is 5.53. The van der Waals surface area contributed by atoms with E-state index < -0.39 is 23.6 Å². The van der Waals surface area contributed by atoms with Crippen LogP contribution >= 0.6 is 11.3 Å². The number of hydrogen-bond donors (Lipinski definition) is 2. The Hall–Kier alpha value is -3.28. The lowest BCUT2D eigenvalue weighted by Gasteiger charge is -2.33. The highest BCUT2D eigenvalue weighted by Crippen LogP contribution is 2.17. The molecule has 0 atom stereocenters. The normalized spacial score (nSPS) is 13.6. The Labute approximate surface area is 187 Å². The zero-order chi connectivity index (χ0) is 23.1. The summed E-state index contributed by atoms with van der Waals surface area (Å²) >= 11 is 1.16. The molecule has 1 aliphatic heterocycles. The zero-order valence-electron chi connectivity index (χ0n) is 17.4. The molecule has 32 heavy (non-hydrogen) atoms. The monoisotopic (exact) mass is 467 g/mol. The van der Waals surface area contributed by atoms with E-state index in [1.807, 2.05) is 0 Å². The van der Waals surface area contributed by atoms with Gasteiger partial charge in [0.25, 0.3) is 0 Å². The van der Waals surface area contributed by atoms with E-state index in [9.17, 15) is 23.2 Å². The van der Waals surface area contributed by atoms with Crippen molar-refractivity contribution in [2.75, 3.05) is 38.1 Å². The molecule has 0 aliphatic carbocycles. The Morgan fingerprint density at radius 3 is 2.44 bits per heavy atom.